The molecule has 0 saturated carbocycles. The fraction of sp³-hybridized carbons (Fsp3) is 0.559. The zero-order chi connectivity index (χ0) is 36.0. The number of carbonyl (C=O) groups is 4. The van der Waals surface area contributed by atoms with Gasteiger partial charge in [0.15, 0.2) is 11.5 Å². The first-order valence-corrected chi connectivity index (χ1v) is 17.1. The first-order chi connectivity index (χ1) is 24.0. The number of hydrogen-bond donors (Lipinski definition) is 5. The van der Waals surface area contributed by atoms with Crippen LogP contribution in [0.1, 0.15) is 74.5 Å². The molecule has 3 atom stereocenters. The van der Waals surface area contributed by atoms with Crippen LogP contribution < -0.4 is 25.4 Å². The monoisotopic (exact) mass is 695 g/mol. The molecule has 1 aromatic carbocycles. The molecular formula is C34H49N9O7. The summed E-state index contributed by atoms with van der Waals surface area (Å²) in [4.78, 5) is 55.0. The fourth-order valence-corrected chi connectivity index (χ4v) is 5.56. The number of nitrogens with one attached hydrogen (secondary N) is 4. The van der Waals surface area contributed by atoms with E-state index in [1.807, 2.05) is 18.7 Å². The van der Waals surface area contributed by atoms with Crippen LogP contribution in [0.3, 0.4) is 0 Å². The van der Waals surface area contributed by atoms with Gasteiger partial charge >= 0.3 is 0 Å². The molecule has 0 spiro atoms. The average molecular weight is 696 g/mol. The van der Waals surface area contributed by atoms with E-state index < -0.39 is 35.9 Å². The summed E-state index contributed by atoms with van der Waals surface area (Å²) in [6.07, 6.45) is 7.07. The lowest BCUT2D eigenvalue weighted by Gasteiger charge is -2.26. The molecule has 2 aromatic heterocycles. The van der Waals surface area contributed by atoms with Gasteiger partial charge in [0.25, 0.3) is 5.91 Å². The number of aryl methyl sites for hydroxylation is 2. The van der Waals surface area contributed by atoms with Crippen LogP contribution in [0.5, 0.6) is 11.5 Å². The van der Waals surface area contributed by atoms with E-state index in [0.717, 1.165) is 5.56 Å². The Hall–Kier alpha value is -4.99. The van der Waals surface area contributed by atoms with Crippen LogP contribution in [0, 0.1) is 5.92 Å². The highest BCUT2D eigenvalue weighted by atomic mass is 16.5. The van der Waals surface area contributed by atoms with Crippen molar-refractivity contribution in [3.8, 4) is 11.5 Å². The molecule has 3 heterocycles. The molecular weight excluding hydrogens is 646 g/mol. The lowest BCUT2D eigenvalue weighted by atomic mass is 10.0. The third kappa shape index (κ3) is 11.3. The number of fused-ring (bicyclic) bond motifs is 4. The Bertz CT molecular complexity index is 1560. The number of aliphatic hydroxyl groups is 1. The van der Waals surface area contributed by atoms with Gasteiger partial charge in [-0.3, -0.25) is 29.0 Å². The first kappa shape index (κ1) is 37.8. The van der Waals surface area contributed by atoms with Crippen LogP contribution in [0.25, 0.3) is 0 Å². The Morgan fingerprint density at radius 3 is 2.60 bits per heavy atom. The lowest BCUT2D eigenvalue weighted by Crippen LogP contribution is -2.57. The van der Waals surface area contributed by atoms with E-state index in [1.165, 1.54) is 20.1 Å². The number of benzene rings is 1. The minimum absolute atomic E-state index is 0.0143. The van der Waals surface area contributed by atoms with Gasteiger partial charge in [-0.25, -0.2) is 0 Å². The second kappa shape index (κ2) is 18.7. The van der Waals surface area contributed by atoms with Crippen molar-refractivity contribution in [3.63, 3.8) is 0 Å². The highest BCUT2D eigenvalue weighted by molar-refractivity contribution is 5.99. The first-order valence-electron chi connectivity index (χ1n) is 17.1. The number of rotatable bonds is 7. The smallest absolute Gasteiger partial charge is 0.252 e. The second-order valence-electron chi connectivity index (χ2n) is 12.8. The van der Waals surface area contributed by atoms with Gasteiger partial charge in [0.1, 0.15) is 24.4 Å². The number of ether oxygens (including phenoxy) is 2. The van der Waals surface area contributed by atoms with Crippen molar-refractivity contribution >= 4 is 23.6 Å². The molecule has 3 aromatic rings. The van der Waals surface area contributed by atoms with Crippen molar-refractivity contribution in [1.29, 1.82) is 0 Å². The maximum absolute atomic E-state index is 13.5. The highest BCUT2D eigenvalue weighted by Crippen LogP contribution is 2.29. The van der Waals surface area contributed by atoms with E-state index in [-0.39, 0.29) is 37.0 Å². The molecule has 0 radical (unpaired) electrons. The van der Waals surface area contributed by atoms with Crippen molar-refractivity contribution in [3.05, 3.63) is 53.6 Å². The minimum Gasteiger partial charge on any atom is -0.493 e. The zero-order valence-corrected chi connectivity index (χ0v) is 29.2. The number of aliphatic hydroxyl groups excluding tert-OH is 1. The van der Waals surface area contributed by atoms with Crippen LogP contribution in [-0.2, 0) is 34.0 Å². The molecule has 0 fully saturated rings. The molecule has 0 aliphatic carbocycles. The van der Waals surface area contributed by atoms with E-state index >= 15 is 0 Å². The number of carbonyl (C=O) groups excluding carboxylic acids is 4. The Labute approximate surface area is 291 Å². The molecule has 4 bridgehead atoms. The topological polar surface area (TPSA) is 206 Å². The maximum Gasteiger partial charge on any atom is 0.252 e. The van der Waals surface area contributed by atoms with Gasteiger partial charge in [0.05, 0.1) is 25.6 Å². The maximum atomic E-state index is 13.5. The molecule has 4 rings (SSSR count). The molecule has 16 nitrogen and oxygen atoms in total. The Morgan fingerprint density at radius 2 is 1.88 bits per heavy atom. The summed E-state index contributed by atoms with van der Waals surface area (Å²) in [6.45, 7) is 7.10. The Kier molecular flexibility index (Phi) is 14.1. The highest BCUT2D eigenvalue weighted by Gasteiger charge is 2.30. The van der Waals surface area contributed by atoms with E-state index in [4.69, 9.17) is 9.47 Å². The average Bonchev–Trinajstić information content (AvgIpc) is 3.78. The third-order valence-corrected chi connectivity index (χ3v) is 8.28. The zero-order valence-electron chi connectivity index (χ0n) is 29.2. The molecule has 16 heteroatoms. The predicted octanol–water partition coefficient (Wildman–Crippen LogP) is 1.36. The summed E-state index contributed by atoms with van der Waals surface area (Å²) >= 11 is 0. The van der Waals surface area contributed by atoms with Gasteiger partial charge in [-0.1, -0.05) is 19.1 Å². The van der Waals surface area contributed by atoms with Gasteiger partial charge in [-0.2, -0.15) is 5.10 Å². The number of aromatic nitrogens is 5. The van der Waals surface area contributed by atoms with Gasteiger partial charge in [-0.05, 0) is 68.7 Å². The molecule has 1 aliphatic heterocycles. The Morgan fingerprint density at radius 1 is 1.08 bits per heavy atom. The van der Waals surface area contributed by atoms with Crippen molar-refractivity contribution in [1.82, 2.24) is 46.0 Å². The fourth-order valence-electron chi connectivity index (χ4n) is 5.56. The van der Waals surface area contributed by atoms with Crippen molar-refractivity contribution < 1.29 is 33.8 Å². The van der Waals surface area contributed by atoms with Crippen LogP contribution in [0.15, 0.2) is 36.8 Å². The van der Waals surface area contributed by atoms with E-state index in [1.54, 1.807) is 35.4 Å². The lowest BCUT2D eigenvalue weighted by molar-refractivity contribution is -0.132. The van der Waals surface area contributed by atoms with Crippen LogP contribution in [0.2, 0.25) is 0 Å². The van der Waals surface area contributed by atoms with E-state index in [0.29, 0.717) is 68.9 Å². The van der Waals surface area contributed by atoms with Gasteiger partial charge in [-0.15, -0.1) is 5.10 Å². The van der Waals surface area contributed by atoms with Crippen molar-refractivity contribution in [2.75, 3.05) is 26.7 Å². The number of H-pyrrole nitrogens is 1. The molecule has 1 aliphatic rings. The summed E-state index contributed by atoms with van der Waals surface area (Å²) < 4.78 is 13.1. The van der Waals surface area contributed by atoms with Crippen molar-refractivity contribution in [2.45, 2.75) is 90.6 Å². The summed E-state index contributed by atoms with van der Waals surface area (Å²) in [7, 11) is 1.49. The van der Waals surface area contributed by atoms with Crippen molar-refractivity contribution in [2.24, 2.45) is 5.92 Å². The molecule has 4 amide bonds. The number of nitrogens with zero attached hydrogens (tertiary/aromatic N) is 5. The van der Waals surface area contributed by atoms with Gasteiger partial charge in [0, 0.05) is 44.4 Å². The summed E-state index contributed by atoms with van der Waals surface area (Å²) in [5, 5.41) is 33.8. The standard InChI is InChI=1S/C34H49N9O7/c1-22(2)16-27-33(47)39-31(23(3)44)34(48)35-12-5-6-13-42(30(45)11-8-24-18-36-37-19-24)14-7-15-43-20-26(40-41-43)21-50-29-17-25(32(46)38-27)9-10-28(29)49-4/h9-10,17-20,22-23,27,31,44H,5-8,11-16,21H2,1-4H3,(H,35,48)(H,36,37)(H,38,46)(H,39,47)/t23-,27-,31+/m1/s1. The SMILES string of the molecule is COc1ccc2cc1OCc1cn(nn1)CCCN(C(=O)CCc1cn[nH]c1)CCCCNC(=O)[C@H]([C@@H](C)O)NC(=O)[C@@H](CC(C)C)NC2=O. The normalized spacial score (nSPS) is 19.4. The predicted molar refractivity (Wildman–Crippen MR) is 182 cm³/mol. The number of hydrogen-bond acceptors (Lipinski definition) is 10. The summed E-state index contributed by atoms with van der Waals surface area (Å²) in [5.74, 6) is -0.933. The quantitative estimate of drug-likeness (QED) is 0.240. The van der Waals surface area contributed by atoms with Crippen LogP contribution in [0.4, 0.5) is 0 Å². The third-order valence-electron chi connectivity index (χ3n) is 8.28. The van der Waals surface area contributed by atoms with E-state index in [9.17, 15) is 24.3 Å². The number of amides is 4. The summed E-state index contributed by atoms with van der Waals surface area (Å²) in [6, 6.07) is 2.45. The molecule has 5 N–H and O–H groups in total. The molecule has 272 valence electrons. The van der Waals surface area contributed by atoms with Crippen LogP contribution >= 0.6 is 0 Å². The van der Waals surface area contributed by atoms with Gasteiger partial charge in [0.2, 0.25) is 17.7 Å². The van der Waals surface area contributed by atoms with Crippen LogP contribution in [-0.4, -0.2) is 104 Å². The second-order valence-corrected chi connectivity index (χ2v) is 12.8. The molecule has 0 saturated heterocycles. The Balaban J connectivity index is 1.54. The van der Waals surface area contributed by atoms with E-state index in [2.05, 4.69) is 36.5 Å². The molecule has 50 heavy (non-hydrogen) atoms. The molecule has 0 unspecified atom stereocenters. The minimum atomic E-state index is -1.24. The summed E-state index contributed by atoms with van der Waals surface area (Å²) in [5.41, 5.74) is 1.74. The largest absolute Gasteiger partial charge is 0.493 e. The van der Waals surface area contributed by atoms with Gasteiger partial charge < -0.3 is 35.4 Å². The number of aromatic amines is 1. The number of methoxy groups -OCH3 is 1.